The monoisotopic (exact) mass is 213 g/mol. The second-order valence-electron chi connectivity index (χ2n) is 2.06. The largest absolute Gasteiger partial charge is 0.405 e. The smallest absolute Gasteiger partial charge is 0.253 e. The lowest BCUT2D eigenvalue weighted by molar-refractivity contribution is -0.129. The summed E-state index contributed by atoms with van der Waals surface area (Å²) in [7, 11) is 0. The average Bonchev–Trinajstić information content (AvgIpc) is 2.38. The summed E-state index contributed by atoms with van der Waals surface area (Å²) in [5.74, 6) is 0. The van der Waals surface area contributed by atoms with E-state index in [0.29, 0.717) is 0 Å². The van der Waals surface area contributed by atoms with Crippen molar-refractivity contribution in [3.05, 3.63) is 16.6 Å². The summed E-state index contributed by atoms with van der Waals surface area (Å²) in [6.07, 6.45) is -1.47. The van der Waals surface area contributed by atoms with Crippen LogP contribution in [0.4, 0.5) is 13.2 Å². The number of thioether (sulfide) groups is 1. The summed E-state index contributed by atoms with van der Waals surface area (Å²) in [4.78, 5) is 3.87. The Morgan fingerprint density at radius 2 is 2.25 bits per heavy atom. The zero-order valence-electron chi connectivity index (χ0n) is 6.13. The van der Waals surface area contributed by atoms with Gasteiger partial charge in [-0.15, -0.1) is 23.1 Å². The number of hydrogen-bond acceptors (Lipinski definition) is 3. The second-order valence-corrected chi connectivity index (χ2v) is 3.92. The molecule has 0 spiro atoms. The van der Waals surface area contributed by atoms with E-state index >= 15 is 0 Å². The molecule has 0 N–H and O–H groups in total. The van der Waals surface area contributed by atoms with Crippen LogP contribution < -0.4 is 0 Å². The number of halogens is 3. The van der Waals surface area contributed by atoms with Crippen molar-refractivity contribution in [1.29, 1.82) is 0 Å². The van der Waals surface area contributed by atoms with E-state index in [-0.39, 0.29) is 4.88 Å². The van der Waals surface area contributed by atoms with Gasteiger partial charge in [-0.25, -0.2) is 0 Å². The first-order valence-corrected chi connectivity index (χ1v) is 5.20. The van der Waals surface area contributed by atoms with Crippen molar-refractivity contribution >= 4 is 23.1 Å². The third-order valence-corrected chi connectivity index (χ3v) is 3.23. The van der Waals surface area contributed by atoms with E-state index in [2.05, 4.69) is 4.98 Å². The van der Waals surface area contributed by atoms with E-state index in [0.717, 1.165) is 23.1 Å². The molecule has 1 rings (SSSR count). The molecule has 0 aromatic carbocycles. The van der Waals surface area contributed by atoms with E-state index in [1.165, 1.54) is 18.0 Å². The van der Waals surface area contributed by atoms with Crippen molar-refractivity contribution in [2.24, 2.45) is 0 Å². The van der Waals surface area contributed by atoms with Crippen molar-refractivity contribution in [2.75, 3.05) is 6.26 Å². The third-order valence-electron chi connectivity index (χ3n) is 1.24. The lowest BCUT2D eigenvalue weighted by Crippen LogP contribution is -2.16. The van der Waals surface area contributed by atoms with Gasteiger partial charge in [0, 0.05) is 11.1 Å². The first-order chi connectivity index (χ1) is 5.55. The maximum Gasteiger partial charge on any atom is 0.405 e. The van der Waals surface area contributed by atoms with Gasteiger partial charge in [0.15, 0.2) is 0 Å². The van der Waals surface area contributed by atoms with E-state index in [4.69, 9.17) is 0 Å². The molecule has 12 heavy (non-hydrogen) atoms. The third kappa shape index (κ3) is 2.13. The van der Waals surface area contributed by atoms with E-state index in [1.54, 1.807) is 0 Å². The van der Waals surface area contributed by atoms with Gasteiger partial charge in [-0.05, 0) is 6.26 Å². The Bertz CT molecular complexity index is 231. The van der Waals surface area contributed by atoms with Crippen LogP contribution in [0.5, 0.6) is 0 Å². The van der Waals surface area contributed by atoms with Gasteiger partial charge in [0.2, 0.25) is 0 Å². The molecule has 0 fully saturated rings. The summed E-state index contributed by atoms with van der Waals surface area (Å²) >= 11 is 1.81. The molecule has 1 atom stereocenters. The molecule has 0 saturated carbocycles. The summed E-state index contributed by atoms with van der Waals surface area (Å²) in [6.45, 7) is 0. The van der Waals surface area contributed by atoms with Crippen LogP contribution in [0.15, 0.2) is 11.7 Å². The highest BCUT2D eigenvalue weighted by Crippen LogP contribution is 2.43. The molecule has 68 valence electrons. The van der Waals surface area contributed by atoms with E-state index in [9.17, 15) is 13.2 Å². The number of alkyl halides is 3. The minimum atomic E-state index is -4.17. The van der Waals surface area contributed by atoms with Crippen LogP contribution in [0.2, 0.25) is 0 Å². The van der Waals surface area contributed by atoms with Crippen molar-refractivity contribution in [2.45, 2.75) is 11.4 Å². The molecule has 1 aromatic heterocycles. The minimum absolute atomic E-state index is 0.259. The van der Waals surface area contributed by atoms with Gasteiger partial charge in [0.05, 0.1) is 5.51 Å². The molecule has 0 amide bonds. The maximum atomic E-state index is 12.2. The summed E-state index contributed by atoms with van der Waals surface area (Å²) in [6, 6.07) is 0. The second kappa shape index (κ2) is 3.66. The van der Waals surface area contributed by atoms with Gasteiger partial charge in [0.25, 0.3) is 0 Å². The summed E-state index contributed by atoms with van der Waals surface area (Å²) in [5.41, 5.74) is 1.41. The fourth-order valence-corrected chi connectivity index (χ4v) is 2.40. The van der Waals surface area contributed by atoms with Crippen LogP contribution in [-0.2, 0) is 0 Å². The Kier molecular flexibility index (Phi) is 3.00. The number of aromatic nitrogens is 1. The predicted octanol–water partition coefficient (Wildman–Crippen LogP) is 3.11. The van der Waals surface area contributed by atoms with Crippen molar-refractivity contribution in [3.63, 3.8) is 0 Å². The van der Waals surface area contributed by atoms with Crippen molar-refractivity contribution in [1.82, 2.24) is 4.98 Å². The standard InChI is InChI=1S/C6H6F3NS2/c1-11-5(6(7,8)9)4-2-10-3-12-4/h2-3,5H,1H3/t5-/m1/s1. The quantitative estimate of drug-likeness (QED) is 0.748. The number of hydrogen-bond donors (Lipinski definition) is 0. The van der Waals surface area contributed by atoms with Crippen LogP contribution in [0.25, 0.3) is 0 Å². The molecule has 0 unspecified atom stereocenters. The molecule has 0 saturated heterocycles. The van der Waals surface area contributed by atoms with Crippen LogP contribution >= 0.6 is 23.1 Å². The highest BCUT2D eigenvalue weighted by atomic mass is 32.2. The van der Waals surface area contributed by atoms with Gasteiger partial charge < -0.3 is 0 Å². The minimum Gasteiger partial charge on any atom is -0.253 e. The molecule has 1 aromatic rings. The van der Waals surface area contributed by atoms with Gasteiger partial charge in [-0.1, -0.05) is 0 Å². The van der Waals surface area contributed by atoms with Gasteiger partial charge in [-0.2, -0.15) is 13.2 Å². The first-order valence-electron chi connectivity index (χ1n) is 3.03. The lowest BCUT2D eigenvalue weighted by Gasteiger charge is -2.15. The molecule has 1 heterocycles. The number of rotatable bonds is 2. The first kappa shape index (κ1) is 9.85. The molecule has 0 aliphatic carbocycles. The Labute approximate surface area is 76.0 Å². The summed E-state index contributed by atoms with van der Waals surface area (Å²) in [5, 5.41) is -1.43. The van der Waals surface area contributed by atoms with Crippen molar-refractivity contribution in [3.8, 4) is 0 Å². The molecule has 0 radical (unpaired) electrons. The van der Waals surface area contributed by atoms with Gasteiger partial charge in [0.1, 0.15) is 5.25 Å². The highest BCUT2D eigenvalue weighted by molar-refractivity contribution is 7.99. The SMILES string of the molecule is CS[C@H](c1cncs1)C(F)(F)F. The Hall–Kier alpha value is -0.230. The van der Waals surface area contributed by atoms with Crippen LogP contribution in [0.3, 0.4) is 0 Å². The molecule has 0 aliphatic rings. The van der Waals surface area contributed by atoms with Gasteiger partial charge in [-0.3, -0.25) is 4.98 Å². The number of nitrogens with zero attached hydrogens (tertiary/aromatic N) is 1. The fourth-order valence-electron chi connectivity index (χ4n) is 0.766. The number of thiazole rings is 1. The average molecular weight is 213 g/mol. The maximum absolute atomic E-state index is 12.2. The highest BCUT2D eigenvalue weighted by Gasteiger charge is 2.41. The van der Waals surface area contributed by atoms with Crippen LogP contribution in [-0.4, -0.2) is 17.4 Å². The zero-order valence-corrected chi connectivity index (χ0v) is 7.76. The predicted molar refractivity (Wildman–Crippen MR) is 44.4 cm³/mol. The molecule has 6 heteroatoms. The Morgan fingerprint density at radius 1 is 1.58 bits per heavy atom. The van der Waals surface area contributed by atoms with E-state index < -0.39 is 11.4 Å². The summed E-state index contributed by atoms with van der Waals surface area (Å²) < 4.78 is 36.7. The van der Waals surface area contributed by atoms with Crippen molar-refractivity contribution < 1.29 is 13.2 Å². The zero-order chi connectivity index (χ0) is 9.19. The molecule has 1 nitrogen and oxygen atoms in total. The molecular formula is C6H6F3NS2. The normalized spacial score (nSPS) is 14.7. The molecule has 0 bridgehead atoms. The Morgan fingerprint density at radius 3 is 2.58 bits per heavy atom. The van der Waals surface area contributed by atoms with Crippen LogP contribution in [0, 0.1) is 0 Å². The van der Waals surface area contributed by atoms with Gasteiger partial charge >= 0.3 is 6.18 Å². The molecular weight excluding hydrogens is 207 g/mol. The lowest BCUT2D eigenvalue weighted by atomic mass is 10.4. The molecule has 0 aliphatic heterocycles. The topological polar surface area (TPSA) is 12.9 Å². The Balaban J connectivity index is 2.84. The fraction of sp³-hybridized carbons (Fsp3) is 0.500. The van der Waals surface area contributed by atoms with Crippen LogP contribution in [0.1, 0.15) is 10.1 Å². The van der Waals surface area contributed by atoms with E-state index in [1.807, 2.05) is 0 Å².